The van der Waals surface area contributed by atoms with Gasteiger partial charge in [-0.1, -0.05) is 15.9 Å². The summed E-state index contributed by atoms with van der Waals surface area (Å²) in [6.45, 7) is 0. The van der Waals surface area contributed by atoms with E-state index in [-0.39, 0.29) is 11.3 Å². The van der Waals surface area contributed by atoms with Crippen molar-refractivity contribution in [3.8, 4) is 6.07 Å². The molecule has 0 aliphatic carbocycles. The van der Waals surface area contributed by atoms with Crippen molar-refractivity contribution < 1.29 is 8.78 Å². The molecule has 0 radical (unpaired) electrons. The maximum Gasteiger partial charge on any atom is 0.266 e. The molecule has 2 nitrogen and oxygen atoms in total. The third-order valence-corrected chi connectivity index (χ3v) is 2.85. The smallest absolute Gasteiger partial charge is 0.229 e. The first-order valence-corrected chi connectivity index (χ1v) is 5.45. The van der Waals surface area contributed by atoms with Crippen molar-refractivity contribution >= 4 is 31.9 Å². The van der Waals surface area contributed by atoms with Crippen molar-refractivity contribution in [1.29, 1.82) is 5.26 Å². The molecule has 1 aromatic rings. The standard InChI is InChI=1S/C8H4Br2F2N2/c9-2-4-1-5(8(11)12)6(3-13)14-7(4)10/h1,8H,2H2. The Morgan fingerprint density at radius 3 is 2.64 bits per heavy atom. The lowest BCUT2D eigenvalue weighted by atomic mass is 10.1. The van der Waals surface area contributed by atoms with Gasteiger partial charge in [0.25, 0.3) is 6.43 Å². The van der Waals surface area contributed by atoms with Crippen LogP contribution in [0.15, 0.2) is 10.7 Å². The quantitative estimate of drug-likeness (QED) is 0.616. The number of halogens is 4. The second-order valence-corrected chi connectivity index (χ2v) is 3.73. The Balaban J connectivity index is 3.34. The average molecular weight is 326 g/mol. The van der Waals surface area contributed by atoms with Crippen LogP contribution in [-0.4, -0.2) is 4.98 Å². The molecule has 0 atom stereocenters. The molecule has 0 fully saturated rings. The molecule has 0 unspecified atom stereocenters. The van der Waals surface area contributed by atoms with Crippen LogP contribution in [-0.2, 0) is 5.33 Å². The third-order valence-electron chi connectivity index (χ3n) is 1.56. The van der Waals surface area contributed by atoms with Gasteiger partial charge < -0.3 is 0 Å². The molecule has 0 spiro atoms. The van der Waals surface area contributed by atoms with Gasteiger partial charge in [-0.25, -0.2) is 13.8 Å². The minimum absolute atomic E-state index is 0.239. The molecular weight excluding hydrogens is 322 g/mol. The topological polar surface area (TPSA) is 36.7 Å². The highest BCUT2D eigenvalue weighted by Crippen LogP contribution is 2.27. The number of nitrogens with zero attached hydrogens (tertiary/aromatic N) is 2. The molecule has 6 heteroatoms. The molecule has 0 N–H and O–H groups in total. The summed E-state index contributed by atoms with van der Waals surface area (Å²) in [5.41, 5.74) is 0.0287. The molecule has 0 saturated carbocycles. The van der Waals surface area contributed by atoms with E-state index in [2.05, 4.69) is 36.8 Å². The predicted octanol–water partition coefficient (Wildman–Crippen LogP) is 3.55. The lowest BCUT2D eigenvalue weighted by Crippen LogP contribution is -1.98. The zero-order chi connectivity index (χ0) is 10.7. The highest BCUT2D eigenvalue weighted by Gasteiger charge is 2.16. The summed E-state index contributed by atoms with van der Waals surface area (Å²) in [4.78, 5) is 3.73. The van der Waals surface area contributed by atoms with Crippen LogP contribution < -0.4 is 0 Å². The van der Waals surface area contributed by atoms with Gasteiger partial charge in [0.05, 0.1) is 5.56 Å². The fourth-order valence-corrected chi connectivity index (χ4v) is 2.14. The molecule has 1 rings (SSSR count). The molecule has 0 aromatic carbocycles. The van der Waals surface area contributed by atoms with E-state index in [1.807, 2.05) is 0 Å². The monoisotopic (exact) mass is 324 g/mol. The number of hydrogen-bond donors (Lipinski definition) is 0. The first kappa shape index (κ1) is 11.5. The van der Waals surface area contributed by atoms with Gasteiger partial charge in [0.1, 0.15) is 10.7 Å². The lowest BCUT2D eigenvalue weighted by Gasteiger charge is -2.05. The van der Waals surface area contributed by atoms with E-state index in [0.717, 1.165) is 0 Å². The average Bonchev–Trinajstić information content (AvgIpc) is 2.16. The molecule has 0 bridgehead atoms. The van der Waals surface area contributed by atoms with Crippen LogP contribution in [0.1, 0.15) is 23.2 Å². The van der Waals surface area contributed by atoms with E-state index in [0.29, 0.717) is 15.5 Å². The molecule has 0 aliphatic heterocycles. The lowest BCUT2D eigenvalue weighted by molar-refractivity contribution is 0.150. The van der Waals surface area contributed by atoms with E-state index in [9.17, 15) is 8.78 Å². The van der Waals surface area contributed by atoms with E-state index in [1.54, 1.807) is 6.07 Å². The normalized spacial score (nSPS) is 10.3. The molecular formula is C8H4Br2F2N2. The van der Waals surface area contributed by atoms with Crippen molar-refractivity contribution in [3.05, 3.63) is 27.5 Å². The van der Waals surface area contributed by atoms with E-state index < -0.39 is 6.43 Å². The van der Waals surface area contributed by atoms with Gasteiger partial charge in [0, 0.05) is 5.33 Å². The zero-order valence-corrected chi connectivity index (χ0v) is 9.94. The fourth-order valence-electron chi connectivity index (χ4n) is 0.900. The maximum atomic E-state index is 12.4. The summed E-state index contributed by atoms with van der Waals surface area (Å²) in [5.74, 6) is 0. The number of pyridine rings is 1. The van der Waals surface area contributed by atoms with E-state index >= 15 is 0 Å². The molecule has 14 heavy (non-hydrogen) atoms. The van der Waals surface area contributed by atoms with Crippen LogP contribution in [0, 0.1) is 11.3 Å². The molecule has 0 amide bonds. The number of nitriles is 1. The zero-order valence-electron chi connectivity index (χ0n) is 6.77. The minimum atomic E-state index is -2.68. The minimum Gasteiger partial charge on any atom is -0.229 e. The number of alkyl halides is 3. The van der Waals surface area contributed by atoms with Crippen LogP contribution in [0.4, 0.5) is 8.78 Å². The second kappa shape index (κ2) is 4.80. The summed E-state index contributed by atoms with van der Waals surface area (Å²) in [5, 5.41) is 8.99. The summed E-state index contributed by atoms with van der Waals surface area (Å²) < 4.78 is 25.3. The molecule has 1 heterocycles. The van der Waals surface area contributed by atoms with Crippen LogP contribution in [0.5, 0.6) is 0 Å². The van der Waals surface area contributed by atoms with Gasteiger partial charge in [-0.3, -0.25) is 0 Å². The summed E-state index contributed by atoms with van der Waals surface area (Å²) in [6.07, 6.45) is -2.68. The Morgan fingerprint density at radius 1 is 1.57 bits per heavy atom. The van der Waals surface area contributed by atoms with Gasteiger partial charge in [-0.15, -0.1) is 0 Å². The Kier molecular flexibility index (Phi) is 3.96. The second-order valence-electron chi connectivity index (χ2n) is 2.42. The first-order valence-electron chi connectivity index (χ1n) is 3.53. The van der Waals surface area contributed by atoms with Crippen LogP contribution in [0.25, 0.3) is 0 Å². The molecule has 0 aliphatic rings. The summed E-state index contributed by atoms with van der Waals surface area (Å²) >= 11 is 6.23. The van der Waals surface area contributed by atoms with Crippen LogP contribution in [0.2, 0.25) is 0 Å². The van der Waals surface area contributed by atoms with Gasteiger partial charge in [0.15, 0.2) is 5.69 Å². The van der Waals surface area contributed by atoms with Crippen molar-refractivity contribution in [2.45, 2.75) is 11.8 Å². The third kappa shape index (κ3) is 2.28. The predicted molar refractivity (Wildman–Crippen MR) is 54.2 cm³/mol. The highest BCUT2D eigenvalue weighted by molar-refractivity contribution is 9.10. The Labute approximate surface area is 96.2 Å². The largest absolute Gasteiger partial charge is 0.266 e. The Morgan fingerprint density at radius 2 is 2.21 bits per heavy atom. The Bertz CT molecular complexity index is 388. The van der Waals surface area contributed by atoms with Gasteiger partial charge >= 0.3 is 0 Å². The summed E-state index contributed by atoms with van der Waals surface area (Å²) in [6, 6.07) is 2.91. The van der Waals surface area contributed by atoms with Crippen molar-refractivity contribution in [2.75, 3.05) is 0 Å². The van der Waals surface area contributed by atoms with Gasteiger partial charge in [-0.2, -0.15) is 5.26 Å². The summed E-state index contributed by atoms with van der Waals surface area (Å²) in [7, 11) is 0. The number of hydrogen-bond acceptors (Lipinski definition) is 2. The highest BCUT2D eigenvalue weighted by atomic mass is 79.9. The first-order chi connectivity index (χ1) is 6.60. The molecule has 0 saturated heterocycles. The Hall–Kier alpha value is -0.540. The van der Waals surface area contributed by atoms with Gasteiger partial charge in [0.2, 0.25) is 0 Å². The van der Waals surface area contributed by atoms with Gasteiger partial charge in [-0.05, 0) is 27.6 Å². The van der Waals surface area contributed by atoms with Crippen molar-refractivity contribution in [3.63, 3.8) is 0 Å². The molecule has 74 valence electrons. The van der Waals surface area contributed by atoms with Crippen LogP contribution in [0.3, 0.4) is 0 Å². The van der Waals surface area contributed by atoms with Crippen molar-refractivity contribution in [2.24, 2.45) is 0 Å². The number of rotatable bonds is 2. The van der Waals surface area contributed by atoms with E-state index in [4.69, 9.17) is 5.26 Å². The van der Waals surface area contributed by atoms with E-state index in [1.165, 1.54) is 6.07 Å². The number of aromatic nitrogens is 1. The van der Waals surface area contributed by atoms with Crippen LogP contribution >= 0.6 is 31.9 Å². The van der Waals surface area contributed by atoms with Crippen molar-refractivity contribution in [1.82, 2.24) is 4.98 Å². The fraction of sp³-hybridized carbons (Fsp3) is 0.250. The maximum absolute atomic E-state index is 12.4. The SMILES string of the molecule is N#Cc1nc(Br)c(CBr)cc1C(F)F. The molecule has 1 aromatic heterocycles.